The van der Waals surface area contributed by atoms with E-state index in [1.807, 2.05) is 0 Å². The number of rotatable bonds is 6. The van der Waals surface area contributed by atoms with Crippen molar-refractivity contribution < 1.29 is 9.47 Å². The van der Waals surface area contributed by atoms with Gasteiger partial charge in [-0.3, -0.25) is 0 Å². The topological polar surface area (TPSA) is 30.5 Å². The fraction of sp³-hybridized carbons (Fsp3) is 1.00. The number of nitrogens with one attached hydrogen (secondary N) is 1. The maximum absolute atomic E-state index is 5.45. The molecule has 1 aliphatic carbocycles. The van der Waals surface area contributed by atoms with Gasteiger partial charge in [0, 0.05) is 14.2 Å². The fourth-order valence-corrected chi connectivity index (χ4v) is 3.41. The van der Waals surface area contributed by atoms with Crippen molar-refractivity contribution in [3.05, 3.63) is 0 Å². The van der Waals surface area contributed by atoms with E-state index in [9.17, 15) is 0 Å². The van der Waals surface area contributed by atoms with Gasteiger partial charge in [-0.15, -0.1) is 0 Å². The Morgan fingerprint density at radius 2 is 1.59 bits per heavy atom. The van der Waals surface area contributed by atoms with Gasteiger partial charge in [-0.05, 0) is 43.6 Å². The number of methoxy groups -OCH3 is 2. The summed E-state index contributed by atoms with van der Waals surface area (Å²) in [6, 6.07) is 0.320. The van der Waals surface area contributed by atoms with Crippen molar-refractivity contribution in [1.29, 1.82) is 0 Å². The van der Waals surface area contributed by atoms with E-state index in [0.29, 0.717) is 12.0 Å². The van der Waals surface area contributed by atoms with Crippen molar-refractivity contribution in [1.82, 2.24) is 5.32 Å². The molecule has 3 unspecified atom stereocenters. The van der Waals surface area contributed by atoms with Gasteiger partial charge in [0.1, 0.15) is 0 Å². The van der Waals surface area contributed by atoms with Crippen LogP contribution < -0.4 is 5.32 Å². The van der Waals surface area contributed by atoms with Crippen LogP contribution in [-0.4, -0.2) is 33.1 Å². The minimum Gasteiger partial charge on any atom is -0.354 e. The van der Waals surface area contributed by atoms with Crippen molar-refractivity contribution in [2.45, 2.75) is 52.4 Å². The van der Waals surface area contributed by atoms with Gasteiger partial charge < -0.3 is 14.8 Å². The molecule has 0 bridgehead atoms. The average Bonchev–Trinajstić information content (AvgIpc) is 2.28. The van der Waals surface area contributed by atoms with E-state index in [1.54, 1.807) is 14.2 Å². The Balaban J connectivity index is 2.67. The van der Waals surface area contributed by atoms with E-state index in [-0.39, 0.29) is 6.29 Å². The molecular weight excluding hydrogens is 214 g/mol. The molecule has 1 rings (SSSR count). The van der Waals surface area contributed by atoms with E-state index < -0.39 is 0 Å². The number of likely N-dealkylation sites (N-methyl/N-ethyl adjacent to an activating group) is 1. The highest BCUT2D eigenvalue weighted by Gasteiger charge is 2.34. The van der Waals surface area contributed by atoms with Gasteiger partial charge in [-0.2, -0.15) is 0 Å². The summed E-state index contributed by atoms with van der Waals surface area (Å²) < 4.78 is 10.9. The third-order valence-electron chi connectivity index (χ3n) is 3.92. The highest BCUT2D eigenvalue weighted by Crippen LogP contribution is 2.35. The van der Waals surface area contributed by atoms with Crippen LogP contribution in [-0.2, 0) is 9.47 Å². The summed E-state index contributed by atoms with van der Waals surface area (Å²) in [7, 11) is 3.46. The summed E-state index contributed by atoms with van der Waals surface area (Å²) in [5, 5.41) is 3.55. The third-order valence-corrected chi connectivity index (χ3v) is 3.92. The van der Waals surface area contributed by atoms with Gasteiger partial charge in [0.2, 0.25) is 0 Å². The number of hydrogen-bond donors (Lipinski definition) is 1. The molecule has 3 atom stereocenters. The summed E-state index contributed by atoms with van der Waals surface area (Å²) in [5.74, 6) is 2.30. The Kier molecular flexibility index (Phi) is 6.45. The Morgan fingerprint density at radius 3 is 2.00 bits per heavy atom. The highest BCUT2D eigenvalue weighted by molar-refractivity contribution is 4.85. The molecule has 3 nitrogen and oxygen atoms in total. The van der Waals surface area contributed by atoms with Crippen molar-refractivity contribution in [3.63, 3.8) is 0 Å². The summed E-state index contributed by atoms with van der Waals surface area (Å²) in [6.45, 7) is 7.83. The lowest BCUT2D eigenvalue weighted by atomic mass is 9.73. The molecule has 0 aromatic heterocycles. The smallest absolute Gasteiger partial charge is 0.172 e. The van der Waals surface area contributed by atoms with Crippen LogP contribution >= 0.6 is 0 Å². The first kappa shape index (κ1) is 14.9. The molecule has 0 amide bonds. The quantitative estimate of drug-likeness (QED) is 0.728. The average molecular weight is 243 g/mol. The van der Waals surface area contributed by atoms with Gasteiger partial charge in [0.25, 0.3) is 0 Å². The normalized spacial score (nSPS) is 31.8. The van der Waals surface area contributed by atoms with Gasteiger partial charge >= 0.3 is 0 Å². The number of hydrogen-bond acceptors (Lipinski definition) is 3. The van der Waals surface area contributed by atoms with E-state index >= 15 is 0 Å². The van der Waals surface area contributed by atoms with Crippen LogP contribution in [0.1, 0.15) is 40.0 Å². The fourth-order valence-electron chi connectivity index (χ4n) is 3.41. The van der Waals surface area contributed by atoms with Crippen LogP contribution in [0.3, 0.4) is 0 Å². The van der Waals surface area contributed by atoms with E-state index in [1.165, 1.54) is 19.3 Å². The van der Waals surface area contributed by atoms with Crippen LogP contribution in [0.15, 0.2) is 0 Å². The lowest BCUT2D eigenvalue weighted by molar-refractivity contribution is -0.137. The van der Waals surface area contributed by atoms with Crippen LogP contribution in [0.2, 0.25) is 0 Å². The lowest BCUT2D eigenvalue weighted by Gasteiger charge is -2.39. The third kappa shape index (κ3) is 4.23. The van der Waals surface area contributed by atoms with Crippen molar-refractivity contribution in [2.75, 3.05) is 20.8 Å². The standard InChI is InChI=1S/C14H29NO2/c1-6-15-13(14(16-4)17-5)12-8-10(2)7-11(3)9-12/h10-15H,6-9H2,1-5H3. The van der Waals surface area contributed by atoms with Crippen molar-refractivity contribution >= 4 is 0 Å². The predicted molar refractivity (Wildman–Crippen MR) is 70.9 cm³/mol. The minimum absolute atomic E-state index is 0.127. The summed E-state index contributed by atoms with van der Waals surface area (Å²) in [4.78, 5) is 0. The van der Waals surface area contributed by atoms with Crippen LogP contribution in [0, 0.1) is 17.8 Å². The van der Waals surface area contributed by atoms with Crippen LogP contribution in [0.25, 0.3) is 0 Å². The molecule has 0 radical (unpaired) electrons. The second-order valence-corrected chi connectivity index (χ2v) is 5.60. The van der Waals surface area contributed by atoms with E-state index in [4.69, 9.17) is 9.47 Å². The zero-order valence-corrected chi connectivity index (χ0v) is 12.0. The SMILES string of the molecule is CCNC(C1CC(C)CC(C)C1)C(OC)OC. The largest absolute Gasteiger partial charge is 0.354 e. The monoisotopic (exact) mass is 243 g/mol. The zero-order valence-electron chi connectivity index (χ0n) is 12.0. The van der Waals surface area contributed by atoms with Crippen molar-refractivity contribution in [2.24, 2.45) is 17.8 Å². The second-order valence-electron chi connectivity index (χ2n) is 5.60. The molecule has 1 fully saturated rings. The zero-order chi connectivity index (χ0) is 12.8. The molecule has 17 heavy (non-hydrogen) atoms. The molecule has 0 aliphatic heterocycles. The van der Waals surface area contributed by atoms with Crippen LogP contribution in [0.4, 0.5) is 0 Å². The Hall–Kier alpha value is -0.120. The molecule has 0 spiro atoms. The molecule has 1 saturated carbocycles. The molecule has 0 aromatic rings. The van der Waals surface area contributed by atoms with E-state index in [2.05, 4.69) is 26.1 Å². The molecule has 0 saturated heterocycles. The summed E-state index contributed by atoms with van der Waals surface area (Å²) in [5.41, 5.74) is 0. The molecule has 1 aliphatic rings. The van der Waals surface area contributed by atoms with Gasteiger partial charge in [0.15, 0.2) is 6.29 Å². The summed E-state index contributed by atoms with van der Waals surface area (Å²) >= 11 is 0. The molecule has 0 aromatic carbocycles. The highest BCUT2D eigenvalue weighted by atomic mass is 16.7. The Labute approximate surface area is 106 Å². The molecule has 1 N–H and O–H groups in total. The molecule has 3 heteroatoms. The maximum Gasteiger partial charge on any atom is 0.172 e. The van der Waals surface area contributed by atoms with Crippen LogP contribution in [0.5, 0.6) is 0 Å². The van der Waals surface area contributed by atoms with Gasteiger partial charge in [-0.25, -0.2) is 0 Å². The lowest BCUT2D eigenvalue weighted by Crippen LogP contribution is -2.49. The van der Waals surface area contributed by atoms with Gasteiger partial charge in [-0.1, -0.05) is 20.8 Å². The van der Waals surface area contributed by atoms with Gasteiger partial charge in [0.05, 0.1) is 6.04 Å². The first-order valence-electron chi connectivity index (χ1n) is 6.91. The molecular formula is C14H29NO2. The first-order chi connectivity index (χ1) is 8.12. The predicted octanol–water partition coefficient (Wildman–Crippen LogP) is 2.66. The minimum atomic E-state index is -0.127. The number of ether oxygens (including phenoxy) is 2. The van der Waals surface area contributed by atoms with Crippen molar-refractivity contribution in [3.8, 4) is 0 Å². The molecule has 0 heterocycles. The Bertz CT molecular complexity index is 196. The van der Waals surface area contributed by atoms with E-state index in [0.717, 1.165) is 18.4 Å². The summed E-state index contributed by atoms with van der Waals surface area (Å²) in [6.07, 6.45) is 3.80. The molecule has 102 valence electrons. The maximum atomic E-state index is 5.45. The first-order valence-corrected chi connectivity index (χ1v) is 6.91. The second kappa shape index (κ2) is 7.34. The Morgan fingerprint density at radius 1 is 1.06 bits per heavy atom.